The summed E-state index contributed by atoms with van der Waals surface area (Å²) in [6.07, 6.45) is 1.41. The Hall–Kier alpha value is -0.540. The third kappa shape index (κ3) is 3.79. The Morgan fingerprint density at radius 3 is 2.62 bits per heavy atom. The second kappa shape index (κ2) is 5.25. The molecule has 74 valence electrons. The van der Waals surface area contributed by atoms with E-state index in [0.717, 1.165) is 0 Å². The molecule has 13 heavy (non-hydrogen) atoms. The highest BCUT2D eigenvalue weighted by Crippen LogP contribution is 2.15. The number of hydrogen-bond donors (Lipinski definition) is 1. The third-order valence-electron chi connectivity index (χ3n) is 1.23. The van der Waals surface area contributed by atoms with Crippen LogP contribution in [0.1, 0.15) is 13.8 Å². The van der Waals surface area contributed by atoms with Crippen LogP contribution in [0.25, 0.3) is 0 Å². The SMILES string of the molecule is CC(C)Nc1ncc(Cl)cc1F.Cl. The first-order valence-electron chi connectivity index (χ1n) is 3.67. The first-order valence-corrected chi connectivity index (χ1v) is 4.05. The Balaban J connectivity index is 0.00000144. The maximum Gasteiger partial charge on any atom is 0.166 e. The lowest BCUT2D eigenvalue weighted by molar-refractivity contribution is 0.622. The highest BCUT2D eigenvalue weighted by molar-refractivity contribution is 6.30. The molecule has 5 heteroatoms. The minimum atomic E-state index is -0.420. The molecule has 0 bridgehead atoms. The van der Waals surface area contributed by atoms with Gasteiger partial charge in [0.2, 0.25) is 0 Å². The van der Waals surface area contributed by atoms with E-state index in [1.165, 1.54) is 12.3 Å². The fraction of sp³-hybridized carbons (Fsp3) is 0.375. The number of aromatic nitrogens is 1. The van der Waals surface area contributed by atoms with E-state index >= 15 is 0 Å². The number of pyridine rings is 1. The largest absolute Gasteiger partial charge is 0.365 e. The molecule has 0 saturated heterocycles. The van der Waals surface area contributed by atoms with Crippen molar-refractivity contribution in [1.29, 1.82) is 0 Å². The quantitative estimate of drug-likeness (QED) is 0.836. The molecule has 0 fully saturated rings. The van der Waals surface area contributed by atoms with Crippen LogP contribution >= 0.6 is 24.0 Å². The summed E-state index contributed by atoms with van der Waals surface area (Å²) in [4.78, 5) is 3.80. The van der Waals surface area contributed by atoms with Gasteiger partial charge in [0.25, 0.3) is 0 Å². The van der Waals surface area contributed by atoms with Crippen molar-refractivity contribution in [1.82, 2.24) is 4.98 Å². The Bertz CT molecular complexity index is 279. The molecular formula is C8H11Cl2FN2. The molecular weight excluding hydrogens is 214 g/mol. The summed E-state index contributed by atoms with van der Waals surface area (Å²) in [5.74, 6) is -0.175. The molecule has 0 aliphatic rings. The first kappa shape index (κ1) is 12.5. The summed E-state index contributed by atoms with van der Waals surface area (Å²) in [5, 5.41) is 3.16. The van der Waals surface area contributed by atoms with Crippen LogP contribution in [-0.4, -0.2) is 11.0 Å². The van der Waals surface area contributed by atoms with Crippen LogP contribution in [0.2, 0.25) is 5.02 Å². The van der Waals surface area contributed by atoms with Gasteiger partial charge in [0.1, 0.15) is 0 Å². The number of halogens is 3. The molecule has 1 heterocycles. The topological polar surface area (TPSA) is 24.9 Å². The van der Waals surface area contributed by atoms with E-state index in [1.807, 2.05) is 13.8 Å². The fourth-order valence-corrected chi connectivity index (χ4v) is 0.939. The lowest BCUT2D eigenvalue weighted by Gasteiger charge is -2.08. The van der Waals surface area contributed by atoms with Crippen molar-refractivity contribution in [3.63, 3.8) is 0 Å². The molecule has 0 radical (unpaired) electrons. The van der Waals surface area contributed by atoms with Gasteiger partial charge in [-0.2, -0.15) is 0 Å². The van der Waals surface area contributed by atoms with Crippen LogP contribution in [0.15, 0.2) is 12.3 Å². The molecule has 0 aliphatic carbocycles. The highest BCUT2D eigenvalue weighted by atomic mass is 35.5. The van der Waals surface area contributed by atoms with E-state index in [4.69, 9.17) is 11.6 Å². The lowest BCUT2D eigenvalue weighted by Crippen LogP contribution is -2.12. The van der Waals surface area contributed by atoms with Crippen LogP contribution in [0.4, 0.5) is 10.2 Å². The zero-order chi connectivity index (χ0) is 9.14. The van der Waals surface area contributed by atoms with Crippen LogP contribution in [0, 0.1) is 5.82 Å². The van der Waals surface area contributed by atoms with Crippen molar-refractivity contribution < 1.29 is 4.39 Å². The maximum atomic E-state index is 13.0. The number of anilines is 1. The minimum absolute atomic E-state index is 0. The van der Waals surface area contributed by atoms with Crippen molar-refractivity contribution >= 4 is 29.8 Å². The zero-order valence-corrected chi connectivity index (χ0v) is 8.92. The Morgan fingerprint density at radius 2 is 2.15 bits per heavy atom. The van der Waals surface area contributed by atoms with Gasteiger partial charge in [0, 0.05) is 12.2 Å². The van der Waals surface area contributed by atoms with Crippen molar-refractivity contribution in [2.45, 2.75) is 19.9 Å². The second-order valence-electron chi connectivity index (χ2n) is 2.78. The van der Waals surface area contributed by atoms with Crippen LogP contribution < -0.4 is 5.32 Å². The van der Waals surface area contributed by atoms with Gasteiger partial charge in [-0.1, -0.05) is 11.6 Å². The van der Waals surface area contributed by atoms with Crippen molar-refractivity contribution in [3.8, 4) is 0 Å². The van der Waals surface area contributed by atoms with E-state index in [0.29, 0.717) is 5.02 Å². The number of rotatable bonds is 2. The van der Waals surface area contributed by atoms with Crippen molar-refractivity contribution in [2.75, 3.05) is 5.32 Å². The smallest absolute Gasteiger partial charge is 0.166 e. The first-order chi connectivity index (χ1) is 5.59. The monoisotopic (exact) mass is 224 g/mol. The molecule has 1 rings (SSSR count). The van der Waals surface area contributed by atoms with Crippen molar-refractivity contribution in [2.24, 2.45) is 0 Å². The maximum absolute atomic E-state index is 13.0. The van der Waals surface area contributed by atoms with Gasteiger partial charge < -0.3 is 5.32 Å². The molecule has 2 nitrogen and oxygen atoms in total. The summed E-state index contributed by atoms with van der Waals surface area (Å²) in [7, 11) is 0. The van der Waals surface area contributed by atoms with Gasteiger partial charge in [-0.25, -0.2) is 9.37 Å². The Kier molecular flexibility index (Phi) is 5.03. The van der Waals surface area contributed by atoms with Crippen LogP contribution in [0.5, 0.6) is 0 Å². The minimum Gasteiger partial charge on any atom is -0.365 e. The zero-order valence-electron chi connectivity index (χ0n) is 7.34. The molecule has 1 N–H and O–H groups in total. The summed E-state index contributed by atoms with van der Waals surface area (Å²) >= 11 is 5.52. The Labute approximate surface area is 87.9 Å². The molecule has 1 aromatic heterocycles. The summed E-state index contributed by atoms with van der Waals surface area (Å²) in [5.41, 5.74) is 0. The van der Waals surface area contributed by atoms with E-state index in [1.54, 1.807) is 0 Å². The summed E-state index contributed by atoms with van der Waals surface area (Å²) in [6.45, 7) is 3.82. The fourth-order valence-electron chi connectivity index (χ4n) is 0.794. The Morgan fingerprint density at radius 1 is 1.54 bits per heavy atom. The van der Waals surface area contributed by atoms with Gasteiger partial charge in [0.05, 0.1) is 5.02 Å². The average molecular weight is 225 g/mol. The van der Waals surface area contributed by atoms with E-state index < -0.39 is 5.82 Å². The van der Waals surface area contributed by atoms with Gasteiger partial charge in [-0.3, -0.25) is 0 Å². The van der Waals surface area contributed by atoms with Crippen LogP contribution in [-0.2, 0) is 0 Å². The standard InChI is InChI=1S/C8H10ClFN2.ClH/c1-5(2)12-8-7(10)3-6(9)4-11-8;/h3-5H,1-2H3,(H,11,12);1H. The average Bonchev–Trinajstić information content (AvgIpc) is 1.94. The number of nitrogens with zero attached hydrogens (tertiary/aromatic N) is 1. The van der Waals surface area contributed by atoms with Gasteiger partial charge in [-0.05, 0) is 19.9 Å². The molecule has 0 aliphatic heterocycles. The molecule has 0 aromatic carbocycles. The molecule has 1 aromatic rings. The third-order valence-corrected chi connectivity index (χ3v) is 1.44. The van der Waals surface area contributed by atoms with Gasteiger partial charge in [0.15, 0.2) is 11.6 Å². The van der Waals surface area contributed by atoms with E-state index in [-0.39, 0.29) is 24.3 Å². The number of nitrogens with one attached hydrogen (secondary N) is 1. The molecule has 0 unspecified atom stereocenters. The summed E-state index contributed by atoms with van der Waals surface area (Å²) in [6, 6.07) is 1.40. The predicted molar refractivity (Wildman–Crippen MR) is 55.2 cm³/mol. The normalized spacial score (nSPS) is 9.62. The van der Waals surface area contributed by atoms with Gasteiger partial charge >= 0.3 is 0 Å². The number of hydrogen-bond acceptors (Lipinski definition) is 2. The van der Waals surface area contributed by atoms with Crippen molar-refractivity contribution in [3.05, 3.63) is 23.1 Å². The second-order valence-corrected chi connectivity index (χ2v) is 3.22. The molecule has 0 atom stereocenters. The highest BCUT2D eigenvalue weighted by Gasteiger charge is 2.04. The van der Waals surface area contributed by atoms with E-state index in [9.17, 15) is 4.39 Å². The molecule has 0 spiro atoms. The molecule has 0 amide bonds. The summed E-state index contributed by atoms with van der Waals surface area (Å²) < 4.78 is 13.0. The predicted octanol–water partition coefficient (Wildman–Crippen LogP) is 3.12. The molecule has 0 saturated carbocycles. The lowest BCUT2D eigenvalue weighted by atomic mass is 10.3. The van der Waals surface area contributed by atoms with Gasteiger partial charge in [-0.15, -0.1) is 12.4 Å². The van der Waals surface area contributed by atoms with Crippen LogP contribution in [0.3, 0.4) is 0 Å². The van der Waals surface area contributed by atoms with E-state index in [2.05, 4.69) is 10.3 Å².